The van der Waals surface area contributed by atoms with Gasteiger partial charge in [-0.05, 0) is 43.7 Å². The molecule has 7 nitrogen and oxygen atoms in total. The Morgan fingerprint density at radius 2 is 1.48 bits per heavy atom. The van der Waals surface area contributed by atoms with Crippen molar-refractivity contribution in [3.05, 3.63) is 83.0 Å². The summed E-state index contributed by atoms with van der Waals surface area (Å²) in [5.74, 6) is -0.817. The molecule has 0 amide bonds. The third kappa shape index (κ3) is 4.27. The van der Waals surface area contributed by atoms with E-state index in [9.17, 15) is 14.7 Å². The Bertz CT molecular complexity index is 1080. The zero-order chi connectivity index (χ0) is 22.0. The number of aromatic nitrogens is 2. The third-order valence-corrected chi connectivity index (χ3v) is 5.88. The highest BCUT2D eigenvalue weighted by Crippen LogP contribution is 2.25. The van der Waals surface area contributed by atoms with E-state index < -0.39 is 12.0 Å². The molecule has 1 saturated heterocycles. The summed E-state index contributed by atoms with van der Waals surface area (Å²) in [5.41, 5.74) is 2.68. The van der Waals surface area contributed by atoms with Crippen molar-refractivity contribution in [3.8, 4) is 5.69 Å². The summed E-state index contributed by atoms with van der Waals surface area (Å²) in [6.45, 7) is 6.82. The number of anilines is 1. The van der Waals surface area contributed by atoms with E-state index in [4.69, 9.17) is 0 Å². The SMILES string of the molecule is CC(C)n1ccn(-c2ccc(N3CCN(C(C(=O)O)c4ccccc4)CC3)cc2)c1=O. The Morgan fingerprint density at radius 3 is 2.03 bits per heavy atom. The second-order valence-electron chi connectivity index (χ2n) is 8.14. The molecule has 1 N–H and O–H groups in total. The zero-order valence-corrected chi connectivity index (χ0v) is 17.9. The van der Waals surface area contributed by atoms with Crippen molar-refractivity contribution in [2.24, 2.45) is 0 Å². The summed E-state index contributed by atoms with van der Waals surface area (Å²) < 4.78 is 3.36. The first kappa shape index (κ1) is 20.9. The van der Waals surface area contributed by atoms with Crippen LogP contribution < -0.4 is 10.6 Å². The molecule has 1 atom stereocenters. The predicted octanol–water partition coefficient (Wildman–Crippen LogP) is 3.17. The van der Waals surface area contributed by atoms with Crippen molar-refractivity contribution in [1.82, 2.24) is 14.0 Å². The number of piperazine rings is 1. The number of carboxylic acid groups (broad SMARTS) is 1. The van der Waals surface area contributed by atoms with Crippen LogP contribution in [0.2, 0.25) is 0 Å². The van der Waals surface area contributed by atoms with Gasteiger partial charge in [0.25, 0.3) is 0 Å². The van der Waals surface area contributed by atoms with Crippen molar-refractivity contribution < 1.29 is 9.90 Å². The predicted molar refractivity (Wildman–Crippen MR) is 121 cm³/mol. The largest absolute Gasteiger partial charge is 0.480 e. The fourth-order valence-electron chi connectivity index (χ4n) is 4.19. The van der Waals surface area contributed by atoms with E-state index in [-0.39, 0.29) is 11.7 Å². The van der Waals surface area contributed by atoms with Crippen LogP contribution in [-0.4, -0.2) is 51.3 Å². The summed E-state index contributed by atoms with van der Waals surface area (Å²) in [5, 5.41) is 9.77. The molecule has 0 spiro atoms. The highest BCUT2D eigenvalue weighted by molar-refractivity contribution is 5.75. The van der Waals surface area contributed by atoms with Crippen molar-refractivity contribution in [2.75, 3.05) is 31.1 Å². The first-order chi connectivity index (χ1) is 15.0. The number of hydrogen-bond donors (Lipinski definition) is 1. The van der Waals surface area contributed by atoms with E-state index >= 15 is 0 Å². The average molecular weight is 421 g/mol. The van der Waals surface area contributed by atoms with Gasteiger partial charge in [0.1, 0.15) is 6.04 Å². The highest BCUT2D eigenvalue weighted by Gasteiger charge is 2.30. The number of imidazole rings is 1. The number of aliphatic carboxylic acids is 1. The summed E-state index contributed by atoms with van der Waals surface area (Å²) in [4.78, 5) is 28.7. The molecule has 3 aromatic rings. The summed E-state index contributed by atoms with van der Waals surface area (Å²) in [6.07, 6.45) is 3.61. The van der Waals surface area contributed by atoms with Crippen LogP contribution in [0.3, 0.4) is 0 Å². The van der Waals surface area contributed by atoms with Gasteiger partial charge >= 0.3 is 11.7 Å². The zero-order valence-electron chi connectivity index (χ0n) is 17.9. The van der Waals surface area contributed by atoms with E-state index in [0.29, 0.717) is 13.1 Å². The second kappa shape index (κ2) is 8.81. The molecule has 4 rings (SSSR count). The second-order valence-corrected chi connectivity index (χ2v) is 8.14. The Kier molecular flexibility index (Phi) is 5.95. The maximum atomic E-state index is 12.5. The van der Waals surface area contributed by atoms with Crippen LogP contribution >= 0.6 is 0 Å². The molecule has 1 aliphatic rings. The molecular weight excluding hydrogens is 392 g/mol. The molecule has 2 aromatic carbocycles. The topological polar surface area (TPSA) is 70.7 Å². The molecule has 0 aliphatic carbocycles. The van der Waals surface area contributed by atoms with Gasteiger partial charge < -0.3 is 10.0 Å². The smallest absolute Gasteiger partial charge is 0.332 e. The maximum absolute atomic E-state index is 12.5. The summed E-state index contributed by atoms with van der Waals surface area (Å²) >= 11 is 0. The molecule has 7 heteroatoms. The molecule has 0 bridgehead atoms. The molecular formula is C24H28N4O3. The number of carbonyl (C=O) groups is 1. The van der Waals surface area contributed by atoms with Crippen LogP contribution in [0.15, 0.2) is 71.8 Å². The standard InChI is InChI=1S/C24H28N4O3/c1-18(2)27-16-17-28(24(27)31)21-10-8-20(9-11-21)25-12-14-26(15-13-25)22(23(29)30)19-6-4-3-5-7-19/h3-11,16-18,22H,12-15H2,1-2H3,(H,29,30). The van der Waals surface area contributed by atoms with Gasteiger partial charge in [-0.2, -0.15) is 0 Å². The van der Waals surface area contributed by atoms with Crippen molar-refractivity contribution in [1.29, 1.82) is 0 Å². The van der Waals surface area contributed by atoms with Gasteiger partial charge in [0.2, 0.25) is 0 Å². The van der Waals surface area contributed by atoms with E-state index in [1.807, 2.05) is 79.5 Å². The van der Waals surface area contributed by atoms with Crippen LogP contribution in [-0.2, 0) is 4.79 Å². The van der Waals surface area contributed by atoms with Crippen molar-refractivity contribution in [2.45, 2.75) is 25.9 Å². The van der Waals surface area contributed by atoms with Gasteiger partial charge in [0, 0.05) is 50.3 Å². The molecule has 1 aromatic heterocycles. The van der Waals surface area contributed by atoms with Gasteiger partial charge in [-0.3, -0.25) is 18.8 Å². The Labute approximate surface area is 181 Å². The normalized spacial score (nSPS) is 15.9. The number of benzene rings is 2. The van der Waals surface area contributed by atoms with Gasteiger partial charge in [-0.1, -0.05) is 30.3 Å². The number of rotatable bonds is 6. The Hall–Kier alpha value is -3.32. The molecule has 31 heavy (non-hydrogen) atoms. The molecule has 1 aliphatic heterocycles. The first-order valence-corrected chi connectivity index (χ1v) is 10.6. The lowest BCUT2D eigenvalue weighted by Gasteiger charge is -2.39. The maximum Gasteiger partial charge on any atom is 0.332 e. The van der Waals surface area contributed by atoms with Crippen LogP contribution in [0, 0.1) is 0 Å². The minimum atomic E-state index is -0.817. The quantitative estimate of drug-likeness (QED) is 0.663. The summed E-state index contributed by atoms with van der Waals surface area (Å²) in [7, 11) is 0. The molecule has 1 fully saturated rings. The molecule has 0 radical (unpaired) electrons. The third-order valence-electron chi connectivity index (χ3n) is 5.88. The van der Waals surface area contributed by atoms with Gasteiger partial charge in [-0.25, -0.2) is 4.79 Å². The monoisotopic (exact) mass is 420 g/mol. The fourth-order valence-corrected chi connectivity index (χ4v) is 4.19. The van der Waals surface area contributed by atoms with E-state index in [0.717, 1.165) is 30.0 Å². The van der Waals surface area contributed by atoms with E-state index in [1.165, 1.54) is 0 Å². The van der Waals surface area contributed by atoms with Gasteiger partial charge in [0.05, 0.1) is 5.69 Å². The lowest BCUT2D eigenvalue weighted by atomic mass is 10.0. The number of hydrogen-bond acceptors (Lipinski definition) is 4. The molecule has 2 heterocycles. The number of nitrogens with zero attached hydrogens (tertiary/aromatic N) is 4. The average Bonchev–Trinajstić information content (AvgIpc) is 3.17. The lowest BCUT2D eigenvalue weighted by molar-refractivity contribution is -0.143. The molecule has 0 saturated carbocycles. The van der Waals surface area contributed by atoms with Gasteiger partial charge in [0.15, 0.2) is 0 Å². The first-order valence-electron chi connectivity index (χ1n) is 10.6. The van der Waals surface area contributed by atoms with Crippen molar-refractivity contribution >= 4 is 11.7 Å². The van der Waals surface area contributed by atoms with Crippen molar-refractivity contribution in [3.63, 3.8) is 0 Å². The lowest BCUT2D eigenvalue weighted by Crippen LogP contribution is -2.49. The molecule has 1 unspecified atom stereocenters. The summed E-state index contributed by atoms with van der Waals surface area (Å²) in [6, 6.07) is 16.9. The van der Waals surface area contributed by atoms with Crippen LogP contribution in [0.4, 0.5) is 5.69 Å². The number of carboxylic acids is 1. The van der Waals surface area contributed by atoms with Crippen LogP contribution in [0.5, 0.6) is 0 Å². The van der Waals surface area contributed by atoms with Crippen LogP contribution in [0.25, 0.3) is 5.69 Å². The highest BCUT2D eigenvalue weighted by atomic mass is 16.4. The Morgan fingerprint density at radius 1 is 0.871 bits per heavy atom. The minimum absolute atomic E-state index is 0.0445. The Balaban J connectivity index is 1.44. The van der Waals surface area contributed by atoms with Gasteiger partial charge in [-0.15, -0.1) is 0 Å². The van der Waals surface area contributed by atoms with E-state index in [1.54, 1.807) is 15.3 Å². The minimum Gasteiger partial charge on any atom is -0.480 e. The fraction of sp³-hybridized carbons (Fsp3) is 0.333. The van der Waals surface area contributed by atoms with E-state index in [2.05, 4.69) is 4.90 Å². The van der Waals surface area contributed by atoms with Crippen LogP contribution in [0.1, 0.15) is 31.5 Å². The molecule has 162 valence electrons.